The summed E-state index contributed by atoms with van der Waals surface area (Å²) in [5.74, 6) is 2.41. The third-order valence-electron chi connectivity index (χ3n) is 5.27. The first kappa shape index (κ1) is 13.6. The normalized spacial score (nSPS) is 36.7. The Morgan fingerprint density at radius 1 is 1.46 bits per heavy atom. The van der Waals surface area contributed by atoms with Crippen LogP contribution in [0, 0.1) is 35.5 Å². The molecule has 6 atom stereocenters. The standard InChI is InChI=1S/C22H32O4/c1-3-4-7-15(2)20(23)11-10-18-19-13-16(8-5-6-9-22(25)26)12-17(19)14-21(18)24/h8,10-11,15,17-21,23-24H,5-7,9,12-14H2,1-2H3,(H,25,26)/b11-10+,16-8+/t15?,17-,18+,19-,20+,21+/m0/s1/i6D2,7D2,9D2. The monoisotopic (exact) mass is 366 g/mol. The number of carboxylic acid groups (broad SMARTS) is 1. The molecule has 0 radical (unpaired) electrons. The Hall–Kier alpha value is -1.57. The van der Waals surface area contributed by atoms with Crippen LogP contribution in [0.3, 0.4) is 0 Å². The molecule has 2 saturated carbocycles. The predicted octanol–water partition coefficient (Wildman–Crippen LogP) is 3.54. The van der Waals surface area contributed by atoms with Crippen LogP contribution in [0.5, 0.6) is 0 Å². The fourth-order valence-electron chi connectivity index (χ4n) is 3.94. The van der Waals surface area contributed by atoms with Crippen molar-refractivity contribution in [3.8, 4) is 11.8 Å². The first-order chi connectivity index (χ1) is 14.6. The Morgan fingerprint density at radius 2 is 2.23 bits per heavy atom. The maximum Gasteiger partial charge on any atom is 0.303 e. The average molecular weight is 367 g/mol. The molecule has 4 heteroatoms. The van der Waals surface area contributed by atoms with Crippen molar-refractivity contribution in [2.24, 2.45) is 23.7 Å². The summed E-state index contributed by atoms with van der Waals surface area (Å²) in [4.78, 5) is 11.1. The molecule has 0 aromatic rings. The second-order valence-electron chi connectivity index (χ2n) is 7.07. The van der Waals surface area contributed by atoms with Crippen molar-refractivity contribution < 1.29 is 28.3 Å². The molecule has 0 aliphatic heterocycles. The molecule has 0 saturated heterocycles. The second-order valence-corrected chi connectivity index (χ2v) is 7.07. The van der Waals surface area contributed by atoms with Crippen LogP contribution in [0.2, 0.25) is 0 Å². The van der Waals surface area contributed by atoms with E-state index in [9.17, 15) is 15.0 Å². The lowest BCUT2D eigenvalue weighted by Gasteiger charge is -2.19. The van der Waals surface area contributed by atoms with Gasteiger partial charge in [0.05, 0.1) is 12.2 Å². The molecule has 26 heavy (non-hydrogen) atoms. The van der Waals surface area contributed by atoms with Gasteiger partial charge in [-0.15, -0.1) is 11.8 Å². The van der Waals surface area contributed by atoms with Gasteiger partial charge >= 0.3 is 5.97 Å². The van der Waals surface area contributed by atoms with Crippen molar-refractivity contribution >= 4 is 5.97 Å². The van der Waals surface area contributed by atoms with Gasteiger partial charge < -0.3 is 15.3 Å². The fourth-order valence-corrected chi connectivity index (χ4v) is 3.94. The summed E-state index contributed by atoms with van der Waals surface area (Å²) < 4.78 is 46.6. The highest BCUT2D eigenvalue weighted by atomic mass is 16.4. The van der Waals surface area contributed by atoms with Crippen molar-refractivity contribution in [3.05, 3.63) is 23.8 Å². The summed E-state index contributed by atoms with van der Waals surface area (Å²) in [5, 5.41) is 29.8. The Morgan fingerprint density at radius 3 is 2.92 bits per heavy atom. The zero-order valence-electron chi connectivity index (χ0n) is 21.3. The minimum Gasteiger partial charge on any atom is -0.481 e. The largest absolute Gasteiger partial charge is 0.481 e. The smallest absolute Gasteiger partial charge is 0.303 e. The number of aliphatic hydroxyl groups excluding tert-OH is 2. The van der Waals surface area contributed by atoms with E-state index in [1.165, 1.54) is 13.0 Å². The Bertz CT molecular complexity index is 826. The summed E-state index contributed by atoms with van der Waals surface area (Å²) in [6.45, 7) is 3.11. The molecule has 2 aliphatic rings. The first-order valence-electron chi connectivity index (χ1n) is 12.0. The molecule has 4 nitrogen and oxygen atoms in total. The number of carboxylic acids is 1. The zero-order chi connectivity index (χ0) is 24.5. The Balaban J connectivity index is 2.07. The third kappa shape index (κ3) is 5.72. The van der Waals surface area contributed by atoms with Crippen molar-refractivity contribution in [1.29, 1.82) is 0 Å². The molecular weight excluding hydrogens is 328 g/mol. The summed E-state index contributed by atoms with van der Waals surface area (Å²) in [6, 6.07) is 0. The minimum atomic E-state index is -3.00. The molecule has 0 heterocycles. The quantitative estimate of drug-likeness (QED) is 0.453. The number of hydrogen-bond acceptors (Lipinski definition) is 3. The molecule has 1 unspecified atom stereocenters. The summed E-state index contributed by atoms with van der Waals surface area (Å²) in [6.07, 6.45) is -2.83. The zero-order valence-corrected chi connectivity index (χ0v) is 15.3. The predicted molar refractivity (Wildman–Crippen MR) is 102 cm³/mol. The number of aliphatic carboxylic acids is 1. The van der Waals surface area contributed by atoms with Gasteiger partial charge in [-0.1, -0.05) is 30.7 Å². The number of aliphatic hydroxyl groups is 2. The van der Waals surface area contributed by atoms with E-state index in [1.807, 2.05) is 0 Å². The molecule has 2 rings (SSSR count). The van der Waals surface area contributed by atoms with Gasteiger partial charge in [-0.3, -0.25) is 4.79 Å². The van der Waals surface area contributed by atoms with Crippen molar-refractivity contribution in [1.82, 2.24) is 0 Å². The van der Waals surface area contributed by atoms with E-state index in [0.717, 1.165) is 5.57 Å². The van der Waals surface area contributed by atoms with E-state index in [4.69, 9.17) is 13.3 Å². The maximum absolute atomic E-state index is 11.1. The number of allylic oxidation sites excluding steroid dienone is 2. The van der Waals surface area contributed by atoms with Crippen LogP contribution < -0.4 is 0 Å². The van der Waals surface area contributed by atoms with E-state index in [1.54, 1.807) is 19.1 Å². The van der Waals surface area contributed by atoms with E-state index in [0.29, 0.717) is 19.3 Å². The van der Waals surface area contributed by atoms with Gasteiger partial charge in [0.25, 0.3) is 0 Å². The lowest BCUT2D eigenvalue weighted by molar-refractivity contribution is -0.137. The van der Waals surface area contributed by atoms with Crippen LogP contribution in [0.4, 0.5) is 0 Å². The molecule has 0 spiro atoms. The van der Waals surface area contributed by atoms with E-state index >= 15 is 0 Å². The number of hydrogen-bond donors (Lipinski definition) is 3. The van der Waals surface area contributed by atoms with E-state index in [2.05, 4.69) is 11.8 Å². The minimum absolute atomic E-state index is 0.0734. The van der Waals surface area contributed by atoms with Crippen LogP contribution >= 0.6 is 0 Å². The molecule has 0 aromatic carbocycles. The molecule has 0 amide bonds. The Kier molecular flexibility index (Phi) is 5.19. The van der Waals surface area contributed by atoms with Crippen molar-refractivity contribution in [2.75, 3.05) is 0 Å². The van der Waals surface area contributed by atoms with Crippen molar-refractivity contribution in [3.63, 3.8) is 0 Å². The van der Waals surface area contributed by atoms with Gasteiger partial charge in [-0.2, -0.15) is 0 Å². The lowest BCUT2D eigenvalue weighted by Crippen LogP contribution is -2.19. The SMILES string of the molecule is [2H]C([2H])(C#CC)C(C)[C@H](O)/C=C/[C@@H]1[C@H]2C/C(=C/CC([2H])([2H])C([2H])([2H])C(=O)O)C[C@H]2C[C@H]1O. The fraction of sp³-hybridized carbons (Fsp3) is 0.682. The highest BCUT2D eigenvalue weighted by molar-refractivity contribution is 5.66. The molecule has 3 N–H and O–H groups in total. The van der Waals surface area contributed by atoms with Crippen LogP contribution in [-0.2, 0) is 4.79 Å². The lowest BCUT2D eigenvalue weighted by atomic mass is 9.89. The molecule has 0 bridgehead atoms. The topological polar surface area (TPSA) is 77.8 Å². The van der Waals surface area contributed by atoms with Gasteiger partial charge in [-0.25, -0.2) is 0 Å². The van der Waals surface area contributed by atoms with Crippen LogP contribution in [0.25, 0.3) is 0 Å². The van der Waals surface area contributed by atoms with E-state index < -0.39 is 43.2 Å². The van der Waals surface area contributed by atoms with Gasteiger partial charge in [-0.05, 0) is 56.7 Å². The molecule has 0 aromatic heterocycles. The second kappa shape index (κ2) is 9.94. The maximum atomic E-state index is 11.1. The molecule has 144 valence electrons. The summed E-state index contributed by atoms with van der Waals surface area (Å²) in [7, 11) is 0. The van der Waals surface area contributed by atoms with Gasteiger partial charge in [0.2, 0.25) is 0 Å². The number of carbonyl (C=O) groups is 1. The number of rotatable bonds is 8. The summed E-state index contributed by atoms with van der Waals surface area (Å²) in [5.41, 5.74) is 0.916. The van der Waals surface area contributed by atoms with Crippen LogP contribution in [0.1, 0.15) is 66.9 Å². The third-order valence-corrected chi connectivity index (χ3v) is 5.27. The number of fused-ring (bicyclic) bond motifs is 1. The van der Waals surface area contributed by atoms with Crippen LogP contribution in [0.15, 0.2) is 23.8 Å². The van der Waals surface area contributed by atoms with Gasteiger partial charge in [0.15, 0.2) is 0 Å². The molecule has 2 aliphatic carbocycles. The molecule has 2 fully saturated rings. The Labute approximate surface area is 165 Å². The van der Waals surface area contributed by atoms with Crippen LogP contribution in [-0.4, -0.2) is 33.5 Å². The average Bonchev–Trinajstić information content (AvgIpc) is 3.20. The highest BCUT2D eigenvalue weighted by Crippen LogP contribution is 2.50. The first-order valence-corrected chi connectivity index (χ1v) is 9.03. The van der Waals surface area contributed by atoms with Crippen molar-refractivity contribution in [2.45, 2.75) is 70.9 Å². The van der Waals surface area contributed by atoms with Gasteiger partial charge in [0.1, 0.15) is 0 Å². The molecular formula is C22H32O4. The van der Waals surface area contributed by atoms with E-state index in [-0.39, 0.29) is 24.2 Å². The summed E-state index contributed by atoms with van der Waals surface area (Å²) >= 11 is 0. The highest BCUT2D eigenvalue weighted by Gasteiger charge is 2.44. The van der Waals surface area contributed by atoms with Gasteiger partial charge in [0, 0.05) is 26.9 Å².